The zero-order valence-corrected chi connectivity index (χ0v) is 12.6. The summed E-state index contributed by atoms with van der Waals surface area (Å²) in [5, 5.41) is 18.1. The molecule has 0 bridgehead atoms. The fraction of sp³-hybridized carbons (Fsp3) is 0.0556. The first-order valence-electron chi connectivity index (χ1n) is 6.91. The van der Waals surface area contributed by atoms with Crippen LogP contribution >= 0.6 is 0 Å². The van der Waals surface area contributed by atoms with Gasteiger partial charge in [-0.25, -0.2) is 14.4 Å². The molecule has 2 aromatic carbocycles. The van der Waals surface area contributed by atoms with Crippen LogP contribution in [0.2, 0.25) is 0 Å². The van der Waals surface area contributed by atoms with Gasteiger partial charge >= 0.3 is 17.9 Å². The van der Waals surface area contributed by atoms with E-state index in [-0.39, 0.29) is 23.3 Å². The smallest absolute Gasteiger partial charge is 0.339 e. The van der Waals surface area contributed by atoms with Gasteiger partial charge in [-0.2, -0.15) is 0 Å². The second kappa shape index (κ2) is 7.23. The lowest BCUT2D eigenvalue weighted by Gasteiger charge is -2.08. The van der Waals surface area contributed by atoms with Gasteiger partial charge in [0.1, 0.15) is 6.61 Å². The van der Waals surface area contributed by atoms with Crippen molar-refractivity contribution in [1.29, 1.82) is 0 Å². The van der Waals surface area contributed by atoms with Crippen LogP contribution in [0.4, 0.5) is 0 Å². The Hall–Kier alpha value is -3.41. The number of carboxylic acids is 2. The maximum Gasteiger partial charge on any atom is 0.339 e. The van der Waals surface area contributed by atoms with Gasteiger partial charge in [0, 0.05) is 0 Å². The molecule has 0 aliphatic rings. The monoisotopic (exact) mass is 326 g/mol. The standard InChI is InChI=1S/C18H14O6/c1-2-11-3-5-12(6-4-11)10-24-18(23)15-9-13(16(19)20)7-8-14(15)17(21)22/h2-9H,1,10H2,(H,19,20)(H,21,22). The van der Waals surface area contributed by atoms with E-state index in [0.29, 0.717) is 5.56 Å². The zero-order chi connectivity index (χ0) is 17.7. The summed E-state index contributed by atoms with van der Waals surface area (Å²) >= 11 is 0. The number of carbonyl (C=O) groups is 3. The summed E-state index contributed by atoms with van der Waals surface area (Å²) in [4.78, 5) is 34.3. The number of hydrogen-bond donors (Lipinski definition) is 2. The number of carboxylic acid groups (broad SMARTS) is 2. The van der Waals surface area contributed by atoms with Crippen LogP contribution in [0.1, 0.15) is 42.2 Å². The summed E-state index contributed by atoms with van der Waals surface area (Å²) in [6, 6.07) is 10.3. The van der Waals surface area contributed by atoms with Gasteiger partial charge in [-0.05, 0) is 29.3 Å². The van der Waals surface area contributed by atoms with Gasteiger partial charge in [0.15, 0.2) is 0 Å². The molecule has 0 heterocycles. The van der Waals surface area contributed by atoms with Crippen molar-refractivity contribution in [2.24, 2.45) is 0 Å². The van der Waals surface area contributed by atoms with Gasteiger partial charge in [0.05, 0.1) is 16.7 Å². The number of benzene rings is 2. The van der Waals surface area contributed by atoms with Crippen molar-refractivity contribution in [3.63, 3.8) is 0 Å². The van der Waals surface area contributed by atoms with Crippen molar-refractivity contribution in [2.45, 2.75) is 6.61 Å². The van der Waals surface area contributed by atoms with Crippen molar-refractivity contribution >= 4 is 24.0 Å². The van der Waals surface area contributed by atoms with Crippen LogP contribution in [0.5, 0.6) is 0 Å². The van der Waals surface area contributed by atoms with E-state index in [1.54, 1.807) is 30.3 Å². The number of aromatic carboxylic acids is 2. The van der Waals surface area contributed by atoms with Gasteiger partial charge < -0.3 is 14.9 Å². The van der Waals surface area contributed by atoms with E-state index in [0.717, 1.165) is 23.8 Å². The Morgan fingerprint density at radius 1 is 0.958 bits per heavy atom. The van der Waals surface area contributed by atoms with E-state index in [1.165, 1.54) is 0 Å². The molecule has 6 heteroatoms. The normalized spacial score (nSPS) is 10.0. The van der Waals surface area contributed by atoms with Crippen molar-refractivity contribution in [3.05, 3.63) is 76.9 Å². The molecule has 0 aliphatic carbocycles. The minimum Gasteiger partial charge on any atom is -0.478 e. The Bertz CT molecular complexity index is 805. The van der Waals surface area contributed by atoms with Gasteiger partial charge in [0.2, 0.25) is 0 Å². The molecular weight excluding hydrogens is 312 g/mol. The third-order valence-corrected chi connectivity index (χ3v) is 3.30. The molecule has 0 aromatic heterocycles. The summed E-state index contributed by atoms with van der Waals surface area (Å²) < 4.78 is 5.09. The molecule has 0 atom stereocenters. The summed E-state index contributed by atoms with van der Waals surface area (Å²) in [7, 11) is 0. The molecule has 6 nitrogen and oxygen atoms in total. The maximum atomic E-state index is 12.1. The van der Waals surface area contributed by atoms with Crippen LogP contribution < -0.4 is 0 Å². The molecule has 0 saturated heterocycles. The van der Waals surface area contributed by atoms with Crippen LogP contribution in [0.3, 0.4) is 0 Å². The molecule has 2 N–H and O–H groups in total. The number of ether oxygens (including phenoxy) is 1. The van der Waals surface area contributed by atoms with E-state index in [2.05, 4.69) is 6.58 Å². The third-order valence-electron chi connectivity index (χ3n) is 3.30. The van der Waals surface area contributed by atoms with Gasteiger partial charge in [-0.1, -0.05) is 36.9 Å². The van der Waals surface area contributed by atoms with Gasteiger partial charge in [0.25, 0.3) is 0 Å². The summed E-state index contributed by atoms with van der Waals surface area (Å²) in [5.74, 6) is -3.50. The van der Waals surface area contributed by atoms with Crippen molar-refractivity contribution in [1.82, 2.24) is 0 Å². The Morgan fingerprint density at radius 3 is 2.17 bits per heavy atom. The predicted octanol–water partition coefficient (Wildman–Crippen LogP) is 3.08. The first-order valence-corrected chi connectivity index (χ1v) is 6.91. The number of rotatable bonds is 6. The lowest BCUT2D eigenvalue weighted by Crippen LogP contribution is -2.13. The predicted molar refractivity (Wildman–Crippen MR) is 86.0 cm³/mol. The molecule has 2 aromatic rings. The Balaban J connectivity index is 2.21. The second-order valence-electron chi connectivity index (χ2n) is 4.89. The lowest BCUT2D eigenvalue weighted by atomic mass is 10.0. The van der Waals surface area contributed by atoms with Crippen LogP contribution in [0.25, 0.3) is 6.08 Å². The van der Waals surface area contributed by atoms with E-state index in [1.807, 2.05) is 0 Å². The van der Waals surface area contributed by atoms with Crippen LogP contribution in [0, 0.1) is 0 Å². The van der Waals surface area contributed by atoms with E-state index in [9.17, 15) is 14.4 Å². The molecule has 24 heavy (non-hydrogen) atoms. The zero-order valence-electron chi connectivity index (χ0n) is 12.6. The molecule has 0 radical (unpaired) electrons. The highest BCUT2D eigenvalue weighted by molar-refractivity contribution is 6.04. The molecule has 0 spiro atoms. The first kappa shape index (κ1) is 17.0. The largest absolute Gasteiger partial charge is 0.478 e. The van der Waals surface area contributed by atoms with E-state index in [4.69, 9.17) is 14.9 Å². The molecule has 2 rings (SSSR count). The average molecular weight is 326 g/mol. The van der Waals surface area contributed by atoms with Crippen LogP contribution in [0.15, 0.2) is 49.0 Å². The van der Waals surface area contributed by atoms with E-state index >= 15 is 0 Å². The average Bonchev–Trinajstić information content (AvgIpc) is 2.59. The third kappa shape index (κ3) is 3.86. The quantitative estimate of drug-likeness (QED) is 0.791. The Kier molecular flexibility index (Phi) is 5.11. The van der Waals surface area contributed by atoms with Gasteiger partial charge in [-0.15, -0.1) is 0 Å². The van der Waals surface area contributed by atoms with Crippen molar-refractivity contribution < 1.29 is 29.3 Å². The Labute approximate surface area is 137 Å². The summed E-state index contributed by atoms with van der Waals surface area (Å²) in [5.41, 5.74) is 0.812. The maximum absolute atomic E-state index is 12.1. The molecule has 0 unspecified atom stereocenters. The summed E-state index contributed by atoms with van der Waals surface area (Å²) in [6.45, 7) is 3.57. The highest BCUT2D eigenvalue weighted by Crippen LogP contribution is 2.15. The fourth-order valence-electron chi connectivity index (χ4n) is 2.01. The molecule has 0 amide bonds. The first-order chi connectivity index (χ1) is 11.4. The topological polar surface area (TPSA) is 101 Å². The lowest BCUT2D eigenvalue weighted by molar-refractivity contribution is 0.0463. The number of esters is 1. The highest BCUT2D eigenvalue weighted by atomic mass is 16.5. The SMILES string of the molecule is C=Cc1ccc(COC(=O)c2cc(C(=O)O)ccc2C(=O)O)cc1. The number of hydrogen-bond acceptors (Lipinski definition) is 4. The highest BCUT2D eigenvalue weighted by Gasteiger charge is 2.20. The molecule has 122 valence electrons. The molecular formula is C18H14O6. The minimum absolute atomic E-state index is 0.0629. The van der Waals surface area contributed by atoms with Crippen LogP contribution in [-0.4, -0.2) is 28.1 Å². The second-order valence-corrected chi connectivity index (χ2v) is 4.89. The van der Waals surface area contributed by atoms with Gasteiger partial charge in [-0.3, -0.25) is 0 Å². The van der Waals surface area contributed by atoms with Crippen molar-refractivity contribution in [2.75, 3.05) is 0 Å². The van der Waals surface area contributed by atoms with E-state index < -0.39 is 17.9 Å². The summed E-state index contributed by atoms with van der Waals surface area (Å²) in [6.07, 6.45) is 1.67. The molecule has 0 saturated carbocycles. The molecule has 0 fully saturated rings. The Morgan fingerprint density at radius 2 is 1.62 bits per heavy atom. The minimum atomic E-state index is -1.34. The van der Waals surface area contributed by atoms with Crippen molar-refractivity contribution in [3.8, 4) is 0 Å². The fourth-order valence-corrected chi connectivity index (χ4v) is 2.01. The molecule has 0 aliphatic heterocycles. The van der Waals surface area contributed by atoms with Crippen LogP contribution in [-0.2, 0) is 11.3 Å². The number of carbonyl (C=O) groups excluding carboxylic acids is 1.